The highest BCUT2D eigenvalue weighted by Crippen LogP contribution is 2.36. The summed E-state index contributed by atoms with van der Waals surface area (Å²) in [6.07, 6.45) is 15.9. The van der Waals surface area contributed by atoms with Crippen molar-refractivity contribution in [3.8, 4) is 0 Å². The summed E-state index contributed by atoms with van der Waals surface area (Å²) in [6, 6.07) is 11.2. The summed E-state index contributed by atoms with van der Waals surface area (Å²) in [5.74, 6) is 0. The average Bonchev–Trinajstić information content (AvgIpc) is 2.63. The molecule has 0 heterocycles. The molecular formula is C23H43NO. The van der Waals surface area contributed by atoms with Gasteiger partial charge in [0.15, 0.2) is 0 Å². The van der Waals surface area contributed by atoms with Gasteiger partial charge in [0.2, 0.25) is 0 Å². The third-order valence-electron chi connectivity index (χ3n) is 5.94. The van der Waals surface area contributed by atoms with Crippen molar-refractivity contribution in [1.29, 1.82) is 0 Å². The number of hydrogen-bond donors (Lipinski definition) is 1. The third kappa shape index (κ3) is 7.92. The quantitative estimate of drug-likeness (QED) is 0.401. The molecule has 0 aliphatic heterocycles. The number of benzene rings is 1. The fourth-order valence-electron chi connectivity index (χ4n) is 4.12. The lowest BCUT2D eigenvalue weighted by Crippen LogP contribution is -2.44. The predicted molar refractivity (Wildman–Crippen MR) is 112 cm³/mol. The Morgan fingerprint density at radius 1 is 0.760 bits per heavy atom. The van der Waals surface area contributed by atoms with Crippen LogP contribution in [0.2, 0.25) is 0 Å². The van der Waals surface area contributed by atoms with Gasteiger partial charge in [0.1, 0.15) is 0 Å². The molecular weight excluding hydrogens is 306 g/mol. The van der Waals surface area contributed by atoms with Crippen molar-refractivity contribution in [2.24, 2.45) is 5.73 Å². The summed E-state index contributed by atoms with van der Waals surface area (Å²) in [5.41, 5.74) is 8.29. The van der Waals surface area contributed by atoms with Crippen molar-refractivity contribution in [2.45, 2.75) is 109 Å². The van der Waals surface area contributed by atoms with Crippen molar-refractivity contribution in [3.05, 3.63) is 35.9 Å². The van der Waals surface area contributed by atoms with Crippen LogP contribution >= 0.6 is 0 Å². The van der Waals surface area contributed by atoms with E-state index in [1.54, 1.807) is 0 Å². The highest BCUT2D eigenvalue weighted by molar-refractivity contribution is 5.27. The monoisotopic (exact) mass is 349 g/mol. The normalized spacial score (nSPS) is 12.6. The van der Waals surface area contributed by atoms with Gasteiger partial charge >= 0.3 is 0 Å². The molecule has 2 heteroatoms. The lowest BCUT2D eigenvalue weighted by molar-refractivity contribution is 0.297. The van der Waals surface area contributed by atoms with Crippen LogP contribution in [0, 0.1) is 0 Å². The summed E-state index contributed by atoms with van der Waals surface area (Å²) in [6.45, 7) is 6.88. The van der Waals surface area contributed by atoms with Gasteiger partial charge in [-0.1, -0.05) is 109 Å². The summed E-state index contributed by atoms with van der Waals surface area (Å²) in [7, 11) is 0. The van der Waals surface area contributed by atoms with Gasteiger partial charge in [-0.25, -0.2) is 0 Å². The standard InChI is InChI=1S/C23H41N.H2O/c1-4-7-8-9-10-11-12-13-17-20-22(24)23(5-2,6-3)21-18-15-14-16-19-21;/h14-16,18-19,22H,4-13,17,20,24H2,1-3H3;1H2. The Kier molecular flexibility index (Phi) is 13.8. The first-order valence-corrected chi connectivity index (χ1v) is 10.5. The van der Waals surface area contributed by atoms with E-state index in [-0.39, 0.29) is 16.9 Å². The second-order valence-corrected chi connectivity index (χ2v) is 7.45. The molecule has 25 heavy (non-hydrogen) atoms. The van der Waals surface area contributed by atoms with Crippen molar-refractivity contribution < 1.29 is 5.48 Å². The van der Waals surface area contributed by atoms with Crippen LogP contribution in [0.15, 0.2) is 30.3 Å². The molecule has 0 amide bonds. The topological polar surface area (TPSA) is 57.5 Å². The van der Waals surface area contributed by atoms with Crippen LogP contribution in [-0.4, -0.2) is 11.5 Å². The molecule has 0 bridgehead atoms. The van der Waals surface area contributed by atoms with E-state index >= 15 is 0 Å². The summed E-state index contributed by atoms with van der Waals surface area (Å²) in [4.78, 5) is 0. The Morgan fingerprint density at radius 2 is 1.24 bits per heavy atom. The second-order valence-electron chi connectivity index (χ2n) is 7.45. The van der Waals surface area contributed by atoms with E-state index in [1.807, 2.05) is 0 Å². The molecule has 1 aromatic rings. The maximum atomic E-state index is 6.70. The summed E-state index contributed by atoms with van der Waals surface area (Å²) >= 11 is 0. The largest absolute Gasteiger partial charge is 0.412 e. The first kappa shape index (κ1) is 24.1. The van der Waals surface area contributed by atoms with E-state index in [4.69, 9.17) is 5.73 Å². The van der Waals surface area contributed by atoms with Gasteiger partial charge < -0.3 is 11.2 Å². The number of rotatable bonds is 14. The Morgan fingerprint density at radius 3 is 1.72 bits per heavy atom. The van der Waals surface area contributed by atoms with Crippen molar-refractivity contribution in [2.75, 3.05) is 0 Å². The van der Waals surface area contributed by atoms with Crippen LogP contribution in [0.4, 0.5) is 0 Å². The lowest BCUT2D eigenvalue weighted by atomic mass is 9.69. The van der Waals surface area contributed by atoms with Crippen LogP contribution in [0.25, 0.3) is 0 Å². The van der Waals surface area contributed by atoms with Gasteiger partial charge in [0, 0.05) is 11.5 Å². The SMILES string of the molecule is CCCCCCCCCCCC(N)C(CC)(CC)c1ccccc1.O. The minimum absolute atomic E-state index is 0. The van der Waals surface area contributed by atoms with Gasteiger partial charge in [-0.2, -0.15) is 0 Å². The molecule has 0 aliphatic carbocycles. The minimum atomic E-state index is 0. The lowest BCUT2D eigenvalue weighted by Gasteiger charge is -2.38. The second kappa shape index (κ2) is 14.3. The van der Waals surface area contributed by atoms with Crippen LogP contribution in [0.3, 0.4) is 0 Å². The molecule has 0 saturated heterocycles. The van der Waals surface area contributed by atoms with Crippen LogP contribution < -0.4 is 5.73 Å². The van der Waals surface area contributed by atoms with Gasteiger partial charge in [0.25, 0.3) is 0 Å². The van der Waals surface area contributed by atoms with E-state index < -0.39 is 0 Å². The predicted octanol–water partition coefficient (Wildman–Crippen LogP) is 6.17. The highest BCUT2D eigenvalue weighted by atomic mass is 16.0. The first-order valence-electron chi connectivity index (χ1n) is 10.5. The molecule has 0 radical (unpaired) electrons. The van der Waals surface area contributed by atoms with E-state index in [1.165, 1.54) is 63.4 Å². The Balaban J connectivity index is 0.00000576. The maximum Gasteiger partial charge on any atom is 0.0136 e. The highest BCUT2D eigenvalue weighted by Gasteiger charge is 2.34. The maximum absolute atomic E-state index is 6.70. The van der Waals surface area contributed by atoms with E-state index in [2.05, 4.69) is 51.1 Å². The fraction of sp³-hybridized carbons (Fsp3) is 0.739. The Bertz CT molecular complexity index is 400. The van der Waals surface area contributed by atoms with Crippen molar-refractivity contribution >= 4 is 0 Å². The molecule has 4 N–H and O–H groups in total. The number of unbranched alkanes of at least 4 members (excludes halogenated alkanes) is 8. The molecule has 0 fully saturated rings. The minimum Gasteiger partial charge on any atom is -0.412 e. The Hall–Kier alpha value is -0.860. The smallest absolute Gasteiger partial charge is 0.0136 e. The van der Waals surface area contributed by atoms with E-state index in [0.29, 0.717) is 0 Å². The molecule has 146 valence electrons. The molecule has 0 aromatic heterocycles. The molecule has 0 saturated carbocycles. The zero-order valence-electron chi connectivity index (χ0n) is 17.0. The Labute approximate surface area is 156 Å². The third-order valence-corrected chi connectivity index (χ3v) is 5.94. The van der Waals surface area contributed by atoms with Gasteiger partial charge in [-0.05, 0) is 24.8 Å². The number of nitrogens with two attached hydrogens (primary N) is 1. The van der Waals surface area contributed by atoms with E-state index in [0.717, 1.165) is 19.3 Å². The average molecular weight is 350 g/mol. The number of hydrogen-bond acceptors (Lipinski definition) is 1. The zero-order chi connectivity index (χ0) is 17.7. The van der Waals surface area contributed by atoms with Crippen LogP contribution in [0.5, 0.6) is 0 Å². The molecule has 1 unspecified atom stereocenters. The summed E-state index contributed by atoms with van der Waals surface area (Å²) in [5, 5.41) is 0. The van der Waals surface area contributed by atoms with E-state index in [9.17, 15) is 0 Å². The van der Waals surface area contributed by atoms with Crippen molar-refractivity contribution in [3.63, 3.8) is 0 Å². The van der Waals surface area contributed by atoms with Crippen LogP contribution in [0.1, 0.15) is 103 Å². The van der Waals surface area contributed by atoms with Gasteiger partial charge in [0.05, 0.1) is 0 Å². The molecule has 2 nitrogen and oxygen atoms in total. The summed E-state index contributed by atoms with van der Waals surface area (Å²) < 4.78 is 0. The molecule has 1 rings (SSSR count). The van der Waals surface area contributed by atoms with Crippen LogP contribution in [-0.2, 0) is 5.41 Å². The molecule has 1 aromatic carbocycles. The molecule has 1 atom stereocenters. The van der Waals surface area contributed by atoms with Crippen molar-refractivity contribution in [1.82, 2.24) is 0 Å². The first-order chi connectivity index (χ1) is 11.7. The molecule has 0 aliphatic rings. The van der Waals surface area contributed by atoms with Gasteiger partial charge in [-0.3, -0.25) is 0 Å². The zero-order valence-corrected chi connectivity index (χ0v) is 17.0. The molecule has 0 spiro atoms. The fourth-order valence-corrected chi connectivity index (χ4v) is 4.12. The van der Waals surface area contributed by atoms with Gasteiger partial charge in [-0.15, -0.1) is 0 Å².